The third kappa shape index (κ3) is 7.80. The minimum absolute atomic E-state index is 0.0105. The van der Waals surface area contributed by atoms with Gasteiger partial charge in [0.25, 0.3) is 0 Å². The van der Waals surface area contributed by atoms with Crippen molar-refractivity contribution in [1.82, 2.24) is 4.90 Å². The molecule has 0 aromatic heterocycles. The van der Waals surface area contributed by atoms with Gasteiger partial charge >= 0.3 is 5.97 Å². The van der Waals surface area contributed by atoms with Crippen molar-refractivity contribution in [3.05, 3.63) is 11.6 Å². The molecular weight excluding hydrogens is 682 g/mol. The van der Waals surface area contributed by atoms with E-state index in [0.717, 1.165) is 50.5 Å². The summed E-state index contributed by atoms with van der Waals surface area (Å²) in [5.41, 5.74) is 0.758. The number of allylic oxidation sites excluding steroid dienone is 2. The molecule has 12 heteroatoms. The Hall–Kier alpha value is -1.48. The first-order valence-electron chi connectivity index (χ1n) is 20.4. The lowest BCUT2D eigenvalue weighted by molar-refractivity contribution is -0.314. The van der Waals surface area contributed by atoms with E-state index in [0.29, 0.717) is 18.4 Å². The van der Waals surface area contributed by atoms with Crippen LogP contribution in [0.2, 0.25) is 0 Å². The predicted octanol–water partition coefficient (Wildman–Crippen LogP) is 4.70. The smallest absolute Gasteiger partial charge is 0.306 e. The number of carbonyl (C=O) groups excluding carboxylic acids is 2. The topological polar surface area (TPSA) is 124 Å². The second-order valence-corrected chi connectivity index (χ2v) is 17.2. The van der Waals surface area contributed by atoms with Gasteiger partial charge in [0.05, 0.1) is 43.0 Å². The zero-order chi connectivity index (χ0) is 37.7. The summed E-state index contributed by atoms with van der Waals surface area (Å²) < 4.78 is 56.2. The molecule has 0 bridgehead atoms. The van der Waals surface area contributed by atoms with Gasteiger partial charge in [0.2, 0.25) is 0 Å². The van der Waals surface area contributed by atoms with Crippen molar-refractivity contribution in [1.29, 1.82) is 0 Å². The Labute approximate surface area is 316 Å². The van der Waals surface area contributed by atoms with Crippen LogP contribution in [0.3, 0.4) is 0 Å². The fourth-order valence-corrected chi connectivity index (χ4v) is 11.3. The number of ketones is 1. The minimum atomic E-state index is -0.606. The van der Waals surface area contributed by atoms with E-state index in [9.17, 15) is 9.59 Å². The van der Waals surface area contributed by atoms with Crippen LogP contribution in [0.25, 0.3) is 0 Å². The molecule has 3 unspecified atom stereocenters. The second-order valence-electron chi connectivity index (χ2n) is 17.2. The van der Waals surface area contributed by atoms with Gasteiger partial charge in [-0.1, -0.05) is 19.9 Å². The highest BCUT2D eigenvalue weighted by atomic mass is 16.7. The zero-order valence-electron chi connectivity index (χ0n) is 33.3. The van der Waals surface area contributed by atoms with E-state index in [-0.39, 0.29) is 109 Å². The Morgan fingerprint density at radius 3 is 2.23 bits per heavy atom. The fraction of sp³-hybridized carbons (Fsp3) is 0.902. The highest BCUT2D eigenvalue weighted by Crippen LogP contribution is 2.63. The molecule has 2 saturated carbocycles. The van der Waals surface area contributed by atoms with E-state index in [1.807, 2.05) is 13.8 Å². The number of hydrogen-bond acceptors (Lipinski definition) is 12. The molecule has 4 aliphatic heterocycles. The highest BCUT2D eigenvalue weighted by molar-refractivity contribution is 5.99. The number of cyclic esters (lactones) is 1. The van der Waals surface area contributed by atoms with Crippen LogP contribution in [-0.4, -0.2) is 132 Å². The molecule has 300 valence electrons. The van der Waals surface area contributed by atoms with Crippen LogP contribution in [-0.2, 0) is 52.2 Å². The summed E-state index contributed by atoms with van der Waals surface area (Å²) in [6.45, 7) is 8.17. The number of hydrogen-bond donors (Lipinski definition) is 0. The zero-order valence-corrected chi connectivity index (χ0v) is 33.3. The number of likely N-dealkylation sites (N-methyl/N-ethyl adjacent to an activating group) is 1. The Morgan fingerprint density at radius 2 is 1.55 bits per heavy atom. The summed E-state index contributed by atoms with van der Waals surface area (Å²) in [5.74, 6) is -0.0628. The molecule has 0 radical (unpaired) electrons. The van der Waals surface area contributed by atoms with Crippen LogP contribution in [0.5, 0.6) is 0 Å². The number of fused-ring (bicyclic) bond motifs is 8. The van der Waals surface area contributed by atoms with Crippen molar-refractivity contribution >= 4 is 11.8 Å². The summed E-state index contributed by atoms with van der Waals surface area (Å²) in [6.07, 6.45) is 6.20. The van der Waals surface area contributed by atoms with Crippen molar-refractivity contribution in [2.24, 2.45) is 35.5 Å². The fourth-order valence-electron chi connectivity index (χ4n) is 11.3. The molecule has 19 atom stereocenters. The molecule has 3 aliphatic carbocycles. The van der Waals surface area contributed by atoms with E-state index in [1.54, 1.807) is 21.3 Å². The van der Waals surface area contributed by atoms with Crippen molar-refractivity contribution < 1.29 is 52.2 Å². The van der Waals surface area contributed by atoms with Crippen LogP contribution < -0.4 is 0 Å². The van der Waals surface area contributed by atoms with Crippen LogP contribution in [0.4, 0.5) is 0 Å². The van der Waals surface area contributed by atoms with Gasteiger partial charge in [-0.2, -0.15) is 0 Å². The van der Waals surface area contributed by atoms with Gasteiger partial charge in [-0.3, -0.25) is 9.59 Å². The molecule has 53 heavy (non-hydrogen) atoms. The van der Waals surface area contributed by atoms with Crippen LogP contribution in [0.15, 0.2) is 11.6 Å². The number of rotatable bonds is 9. The van der Waals surface area contributed by atoms with Crippen LogP contribution >= 0.6 is 0 Å². The van der Waals surface area contributed by atoms with Gasteiger partial charge < -0.3 is 47.5 Å². The molecule has 7 aliphatic rings. The van der Waals surface area contributed by atoms with Gasteiger partial charge in [-0.25, -0.2) is 0 Å². The van der Waals surface area contributed by atoms with Crippen molar-refractivity contribution in [2.45, 2.75) is 165 Å². The van der Waals surface area contributed by atoms with Crippen molar-refractivity contribution in [3.8, 4) is 0 Å². The Bertz CT molecular complexity index is 1330. The molecule has 4 saturated heterocycles. The molecule has 7 rings (SSSR count). The maximum Gasteiger partial charge on any atom is 0.306 e. The highest BCUT2D eigenvalue weighted by Gasteiger charge is 2.66. The molecular formula is C41H65NO11. The summed E-state index contributed by atoms with van der Waals surface area (Å²) in [6, 6.07) is 0.335. The van der Waals surface area contributed by atoms with Gasteiger partial charge in [-0.15, -0.1) is 0 Å². The average Bonchev–Trinajstić information content (AvgIpc) is 3.67. The lowest BCUT2D eigenvalue weighted by Gasteiger charge is -2.44. The number of Topliss-reactive ketones (excluding diaryl/α,β-unsaturated/α-hetero) is 1. The number of esters is 1. The average molecular weight is 748 g/mol. The molecule has 0 N–H and O–H groups in total. The number of epoxide rings is 1. The van der Waals surface area contributed by atoms with E-state index in [2.05, 4.69) is 38.9 Å². The van der Waals surface area contributed by atoms with Gasteiger partial charge in [0.15, 0.2) is 18.4 Å². The minimum Gasteiger partial charge on any atom is -0.462 e. The van der Waals surface area contributed by atoms with Crippen molar-refractivity contribution in [3.63, 3.8) is 0 Å². The molecule has 0 spiro atoms. The molecule has 0 amide bonds. The lowest BCUT2D eigenvalue weighted by Crippen LogP contribution is -2.59. The second kappa shape index (κ2) is 16.5. The summed E-state index contributed by atoms with van der Waals surface area (Å²) >= 11 is 0. The van der Waals surface area contributed by atoms with Gasteiger partial charge in [0, 0.05) is 45.1 Å². The number of methoxy groups -OCH3 is 3. The lowest BCUT2D eigenvalue weighted by atomic mass is 9.66. The SMILES string of the molecule is CC[C@H]1CCC[C@H](O[C@H]2CC[C@H](N(C)C)C(C)O2)[C@@H](C)C(=O)C2=C[C@H]3[C@@H]4C[C@H](O[C@@H]5OC(C)[C@H](OC)[C@@H](OC)C5OC)C[C@H]4[C@@H]4O[C@@H]4[C@H]3[C@@H]2CC(=O)O1. The number of carbonyl (C=O) groups is 2. The molecule has 12 nitrogen and oxygen atoms in total. The van der Waals surface area contributed by atoms with Gasteiger partial charge in [-0.05, 0) is 103 Å². The number of ether oxygens (including phenoxy) is 9. The molecule has 4 heterocycles. The monoisotopic (exact) mass is 747 g/mol. The van der Waals surface area contributed by atoms with Crippen LogP contribution in [0.1, 0.15) is 85.5 Å². The van der Waals surface area contributed by atoms with E-state index >= 15 is 0 Å². The first-order chi connectivity index (χ1) is 25.5. The number of nitrogens with zero attached hydrogens (tertiary/aromatic N) is 1. The molecule has 0 aromatic carbocycles. The Kier molecular flexibility index (Phi) is 12.4. The third-order valence-electron chi connectivity index (χ3n) is 14.0. The molecule has 6 fully saturated rings. The maximum atomic E-state index is 14.8. The van der Waals surface area contributed by atoms with Gasteiger partial charge in [0.1, 0.15) is 24.4 Å². The Morgan fingerprint density at radius 1 is 0.811 bits per heavy atom. The van der Waals surface area contributed by atoms with Crippen molar-refractivity contribution in [2.75, 3.05) is 35.4 Å². The summed E-state index contributed by atoms with van der Waals surface area (Å²) in [5, 5.41) is 0. The largest absolute Gasteiger partial charge is 0.462 e. The first kappa shape index (κ1) is 39.7. The first-order valence-corrected chi connectivity index (χ1v) is 20.4. The Balaban J connectivity index is 1.11. The third-order valence-corrected chi connectivity index (χ3v) is 14.0. The van der Waals surface area contributed by atoms with Crippen LogP contribution in [0, 0.1) is 35.5 Å². The molecule has 0 aromatic rings. The van der Waals surface area contributed by atoms with E-state index in [1.165, 1.54) is 0 Å². The van der Waals surface area contributed by atoms with E-state index < -0.39 is 12.4 Å². The standard InChI is InChI=1S/C41H65NO11/c1-10-23-12-11-13-31(52-33-15-14-30(42(5)6)21(3)48-33)20(2)35(44)28-18-26-25-16-24(51-41-40(47-9)39(46-8)36(45-7)22(4)49-41)17-29(25)37-38(53-37)34(26)27(28)19-32(43)50-23/h18,20-27,29-31,33-34,36-41H,10-17,19H2,1-9H3/t20-,21?,22?,23+,24+,25+,26+,27-,29-,30+,31+,33+,34-,36+,37+,38-,39-,40?,41+/m1/s1. The maximum absolute atomic E-state index is 14.8. The normalized spacial score (nSPS) is 48.8. The van der Waals surface area contributed by atoms with E-state index in [4.69, 9.17) is 42.6 Å². The summed E-state index contributed by atoms with van der Waals surface area (Å²) in [4.78, 5) is 30.6. The summed E-state index contributed by atoms with van der Waals surface area (Å²) in [7, 11) is 9.15. The quantitative estimate of drug-likeness (QED) is 0.240. The predicted molar refractivity (Wildman–Crippen MR) is 194 cm³/mol.